The topological polar surface area (TPSA) is 184 Å². The van der Waals surface area contributed by atoms with Gasteiger partial charge in [0.1, 0.15) is 23.8 Å². The molecule has 204 valence electrons. The minimum absolute atomic E-state index is 0.00730. The first-order valence-corrected chi connectivity index (χ1v) is 12.4. The normalized spacial score (nSPS) is 21.5. The van der Waals surface area contributed by atoms with Crippen molar-refractivity contribution in [2.75, 3.05) is 7.05 Å². The first kappa shape index (κ1) is 26.0. The molecular weight excluding hydrogens is 511 g/mol. The Labute approximate surface area is 221 Å². The van der Waals surface area contributed by atoms with Gasteiger partial charge in [-0.25, -0.2) is 14.4 Å². The fourth-order valence-electron chi connectivity index (χ4n) is 5.48. The van der Waals surface area contributed by atoms with E-state index in [-0.39, 0.29) is 37.6 Å². The number of nitrogens with zero attached hydrogens (tertiary/aromatic N) is 4. The average molecular weight is 539 g/mol. The number of likely N-dealkylation sites (N-methyl/N-ethyl adjacent to an activating group) is 1. The minimum atomic E-state index is -1.26. The van der Waals surface area contributed by atoms with Crippen molar-refractivity contribution in [1.82, 2.24) is 40.7 Å². The van der Waals surface area contributed by atoms with Gasteiger partial charge in [0.05, 0.1) is 5.54 Å². The summed E-state index contributed by atoms with van der Waals surface area (Å²) in [5.74, 6) is -3.25. The van der Waals surface area contributed by atoms with Crippen molar-refractivity contribution in [2.45, 2.75) is 56.7 Å². The summed E-state index contributed by atoms with van der Waals surface area (Å²) >= 11 is 0. The summed E-state index contributed by atoms with van der Waals surface area (Å²) < 4.78 is 14.8. The number of nitrogens with one attached hydrogen (secondary N) is 4. The molecule has 1 fully saturated rings. The lowest BCUT2D eigenvalue weighted by Crippen LogP contribution is -2.54. The molecule has 39 heavy (non-hydrogen) atoms. The van der Waals surface area contributed by atoms with Gasteiger partial charge in [0.25, 0.3) is 11.5 Å². The molecule has 0 atom stereocenters. The molecule has 0 saturated heterocycles. The lowest BCUT2D eigenvalue weighted by molar-refractivity contribution is -0.140. The Kier molecular flexibility index (Phi) is 6.40. The summed E-state index contributed by atoms with van der Waals surface area (Å²) in [6, 6.07) is 4.35. The van der Waals surface area contributed by atoms with E-state index < -0.39 is 45.7 Å². The highest BCUT2D eigenvalue weighted by atomic mass is 19.1. The van der Waals surface area contributed by atoms with Crippen LogP contribution in [0, 0.1) is 12.7 Å². The molecule has 4 heterocycles. The van der Waals surface area contributed by atoms with Gasteiger partial charge in [0.2, 0.25) is 5.75 Å². The summed E-state index contributed by atoms with van der Waals surface area (Å²) in [5.41, 5.74) is -2.32. The van der Waals surface area contributed by atoms with E-state index in [0.29, 0.717) is 29.8 Å². The Bertz CT molecular complexity index is 1530. The third kappa shape index (κ3) is 4.41. The third-order valence-electron chi connectivity index (χ3n) is 7.69. The van der Waals surface area contributed by atoms with Crippen LogP contribution < -0.4 is 21.5 Å². The molecule has 1 aliphatic carbocycles. The molecule has 6 rings (SSSR count). The number of amides is 3. The Balaban J connectivity index is 1.56. The van der Waals surface area contributed by atoms with Gasteiger partial charge in [0.15, 0.2) is 5.69 Å². The molecule has 13 nitrogen and oxygen atoms in total. The maximum Gasteiger partial charge on any atom is 0.310 e. The predicted molar refractivity (Wildman–Crippen MR) is 133 cm³/mol. The van der Waals surface area contributed by atoms with Crippen LogP contribution in [0.5, 0.6) is 5.75 Å². The number of aryl methyl sites for hydroxylation is 1. The van der Waals surface area contributed by atoms with E-state index in [0.717, 1.165) is 0 Å². The predicted octanol–water partition coefficient (Wildman–Crippen LogP) is 0.0276. The van der Waals surface area contributed by atoms with Crippen molar-refractivity contribution < 1.29 is 23.9 Å². The molecule has 5 N–H and O–H groups in total. The van der Waals surface area contributed by atoms with Gasteiger partial charge >= 0.3 is 11.8 Å². The van der Waals surface area contributed by atoms with Gasteiger partial charge in [-0.2, -0.15) is 5.10 Å². The minimum Gasteiger partial charge on any atom is -0.501 e. The molecule has 0 radical (unpaired) electrons. The quantitative estimate of drug-likeness (QED) is 0.282. The standard InChI is InChI=1S/C25H27FN8O5/c1-13-9-14(3-4-15(13)26)10-28-18(36)16-17(35)21(39)34-11-24(22-29-12-30-33-22)5-7-25(8-6-24,23(34)31-16)32-20(38)19(37)27-2/h3-4,9,12,35H,5-8,10-11H2,1-2H3,(H,27,37)(H,28,36)(H,32,38)(H,29,30,33). The highest BCUT2D eigenvalue weighted by molar-refractivity contribution is 6.35. The van der Waals surface area contributed by atoms with E-state index in [9.17, 15) is 28.7 Å². The zero-order valence-electron chi connectivity index (χ0n) is 21.3. The van der Waals surface area contributed by atoms with Crippen LogP contribution in [0.2, 0.25) is 0 Å². The maximum atomic E-state index is 13.6. The number of aromatic hydroxyl groups is 1. The lowest BCUT2D eigenvalue weighted by atomic mass is 9.68. The molecule has 1 aromatic carbocycles. The Morgan fingerprint density at radius 3 is 2.56 bits per heavy atom. The summed E-state index contributed by atoms with van der Waals surface area (Å²) in [6.07, 6.45) is 2.82. The molecule has 1 saturated carbocycles. The van der Waals surface area contributed by atoms with E-state index in [1.807, 2.05) is 0 Å². The second-order valence-corrected chi connectivity index (χ2v) is 10.0. The van der Waals surface area contributed by atoms with Crippen molar-refractivity contribution in [3.8, 4) is 5.75 Å². The molecule has 2 bridgehead atoms. The summed E-state index contributed by atoms with van der Waals surface area (Å²) in [6.45, 7) is 1.65. The first-order chi connectivity index (χ1) is 18.6. The average Bonchev–Trinajstić information content (AvgIpc) is 3.40. The number of aromatic amines is 1. The lowest BCUT2D eigenvalue weighted by Gasteiger charge is -2.41. The van der Waals surface area contributed by atoms with Gasteiger partial charge in [-0.05, 0) is 49.8 Å². The van der Waals surface area contributed by atoms with Gasteiger partial charge in [-0.1, -0.05) is 12.1 Å². The zero-order chi connectivity index (χ0) is 27.9. The Morgan fingerprint density at radius 2 is 1.92 bits per heavy atom. The molecule has 3 aliphatic rings. The fraction of sp³-hybridized carbons (Fsp3) is 0.400. The van der Waals surface area contributed by atoms with Gasteiger partial charge in [-0.3, -0.25) is 28.8 Å². The van der Waals surface area contributed by atoms with E-state index >= 15 is 0 Å². The number of carbonyl (C=O) groups excluding carboxylic acids is 3. The van der Waals surface area contributed by atoms with Crippen molar-refractivity contribution in [3.63, 3.8) is 0 Å². The SMILES string of the molecule is CNC(=O)C(=O)NC12CCC(c3ncn[nH]3)(CC1)Cn1c2nc(C(=O)NCc2ccc(F)c(C)c2)c(O)c1=O. The van der Waals surface area contributed by atoms with Gasteiger partial charge in [-0.15, -0.1) is 0 Å². The van der Waals surface area contributed by atoms with E-state index in [4.69, 9.17) is 0 Å². The van der Waals surface area contributed by atoms with Crippen molar-refractivity contribution in [3.05, 3.63) is 69.2 Å². The van der Waals surface area contributed by atoms with Crippen molar-refractivity contribution in [2.24, 2.45) is 0 Å². The number of benzene rings is 1. The second kappa shape index (κ2) is 9.60. The van der Waals surface area contributed by atoms with E-state index in [1.54, 1.807) is 13.0 Å². The second-order valence-electron chi connectivity index (χ2n) is 10.0. The van der Waals surface area contributed by atoms with Crippen LogP contribution in [0.25, 0.3) is 0 Å². The van der Waals surface area contributed by atoms with Crippen LogP contribution >= 0.6 is 0 Å². The molecule has 2 aromatic heterocycles. The number of aromatic nitrogens is 5. The largest absolute Gasteiger partial charge is 0.501 e. The Hall–Kier alpha value is -4.62. The summed E-state index contributed by atoms with van der Waals surface area (Å²) in [5, 5.41) is 25.2. The Morgan fingerprint density at radius 1 is 1.18 bits per heavy atom. The van der Waals surface area contributed by atoms with E-state index in [1.165, 1.54) is 30.1 Å². The molecule has 2 aliphatic heterocycles. The van der Waals surface area contributed by atoms with Gasteiger partial charge < -0.3 is 21.1 Å². The maximum absolute atomic E-state index is 13.6. The van der Waals surface area contributed by atoms with Crippen LogP contribution in [-0.4, -0.2) is 54.6 Å². The van der Waals surface area contributed by atoms with Crippen LogP contribution in [-0.2, 0) is 33.6 Å². The number of fused-ring (bicyclic) bond motifs is 2. The molecule has 14 heteroatoms. The fourth-order valence-corrected chi connectivity index (χ4v) is 5.48. The molecular formula is C25H27FN8O5. The summed E-state index contributed by atoms with van der Waals surface area (Å²) in [4.78, 5) is 60.2. The first-order valence-electron chi connectivity index (χ1n) is 12.4. The molecule has 3 aromatic rings. The smallest absolute Gasteiger partial charge is 0.310 e. The third-order valence-corrected chi connectivity index (χ3v) is 7.69. The number of H-pyrrole nitrogens is 1. The van der Waals surface area contributed by atoms with Gasteiger partial charge in [0, 0.05) is 25.6 Å². The highest BCUT2D eigenvalue weighted by Crippen LogP contribution is 2.49. The summed E-state index contributed by atoms with van der Waals surface area (Å²) in [7, 11) is 1.32. The van der Waals surface area contributed by atoms with Crippen molar-refractivity contribution in [1.29, 1.82) is 0 Å². The molecule has 0 unspecified atom stereocenters. The number of hydrogen-bond acceptors (Lipinski definition) is 8. The number of rotatable bonds is 5. The van der Waals surface area contributed by atoms with E-state index in [2.05, 4.69) is 36.1 Å². The highest BCUT2D eigenvalue weighted by Gasteiger charge is 2.53. The van der Waals surface area contributed by atoms with Crippen LogP contribution in [0.3, 0.4) is 0 Å². The number of hydrogen-bond donors (Lipinski definition) is 5. The van der Waals surface area contributed by atoms with Crippen LogP contribution in [0.1, 0.15) is 58.9 Å². The van der Waals surface area contributed by atoms with Crippen LogP contribution in [0.15, 0.2) is 29.3 Å². The molecule has 0 spiro atoms. The zero-order valence-corrected chi connectivity index (χ0v) is 21.3. The van der Waals surface area contributed by atoms with Crippen LogP contribution in [0.4, 0.5) is 4.39 Å². The number of halogens is 1. The molecule has 3 amide bonds. The monoisotopic (exact) mass is 538 g/mol. The van der Waals surface area contributed by atoms with Crippen molar-refractivity contribution >= 4 is 17.7 Å². The number of carbonyl (C=O) groups is 3.